The molecule has 0 saturated heterocycles. The van der Waals surface area contributed by atoms with Crippen LogP contribution < -0.4 is 10.6 Å². The second-order valence-electron chi connectivity index (χ2n) is 5.04. The average molecular weight is 286 g/mol. The molecule has 1 aromatic heterocycles. The van der Waals surface area contributed by atoms with Gasteiger partial charge in [0, 0.05) is 10.6 Å². The fraction of sp³-hybridized carbons (Fsp3) is 0.312. The smallest absolute Gasteiger partial charge is 0.228 e. The van der Waals surface area contributed by atoms with Crippen molar-refractivity contribution in [3.8, 4) is 0 Å². The molecule has 1 atom stereocenters. The van der Waals surface area contributed by atoms with Gasteiger partial charge in [-0.05, 0) is 41.6 Å². The summed E-state index contributed by atoms with van der Waals surface area (Å²) >= 11 is 1.77. The minimum Gasteiger partial charge on any atom is -0.326 e. The number of hydrogen-bond donors (Lipinski definition) is 2. The molecule has 1 unspecified atom stereocenters. The Labute approximate surface area is 123 Å². The number of carbonyl (C=O) groups is 1. The number of nitrogens with one attached hydrogen (secondary N) is 2. The predicted molar refractivity (Wildman–Crippen MR) is 83.2 cm³/mol. The molecule has 3 rings (SSSR count). The number of carbonyl (C=O) groups excluding carboxylic acids is 1. The lowest BCUT2D eigenvalue weighted by Gasteiger charge is -2.18. The average Bonchev–Trinajstić information content (AvgIpc) is 3.07. The molecule has 0 radical (unpaired) electrons. The van der Waals surface area contributed by atoms with Crippen LogP contribution in [0.25, 0.3) is 0 Å². The molecule has 3 nitrogen and oxygen atoms in total. The Morgan fingerprint density at radius 3 is 3.05 bits per heavy atom. The highest BCUT2D eigenvalue weighted by Gasteiger charge is 2.21. The van der Waals surface area contributed by atoms with Gasteiger partial charge in [0.25, 0.3) is 0 Å². The zero-order valence-corrected chi connectivity index (χ0v) is 12.3. The van der Waals surface area contributed by atoms with Gasteiger partial charge in [-0.25, -0.2) is 0 Å². The molecule has 2 aromatic rings. The molecule has 2 heterocycles. The summed E-state index contributed by atoms with van der Waals surface area (Å²) in [5.74, 6) is 0.0892. The minimum atomic E-state index is 0.0892. The van der Waals surface area contributed by atoms with Gasteiger partial charge in [-0.15, -0.1) is 11.3 Å². The van der Waals surface area contributed by atoms with Gasteiger partial charge in [0.1, 0.15) is 0 Å². The molecule has 2 N–H and O–H groups in total. The Balaban J connectivity index is 1.91. The number of rotatable bonds is 5. The van der Waals surface area contributed by atoms with E-state index in [0.717, 1.165) is 24.2 Å². The number of hydrogen-bond acceptors (Lipinski definition) is 3. The molecule has 0 bridgehead atoms. The lowest BCUT2D eigenvalue weighted by Crippen LogP contribution is -2.22. The van der Waals surface area contributed by atoms with Gasteiger partial charge in [0.15, 0.2) is 0 Å². The highest BCUT2D eigenvalue weighted by atomic mass is 32.1. The Kier molecular flexibility index (Phi) is 3.85. The van der Waals surface area contributed by atoms with E-state index in [4.69, 9.17) is 0 Å². The van der Waals surface area contributed by atoms with E-state index in [0.29, 0.717) is 6.42 Å². The first-order valence-electron chi connectivity index (χ1n) is 6.97. The Bertz CT molecular complexity index is 607. The van der Waals surface area contributed by atoms with Crippen molar-refractivity contribution >= 4 is 22.9 Å². The molecule has 1 aromatic carbocycles. The van der Waals surface area contributed by atoms with E-state index < -0.39 is 0 Å². The number of benzene rings is 1. The topological polar surface area (TPSA) is 41.1 Å². The van der Waals surface area contributed by atoms with Crippen LogP contribution in [0.2, 0.25) is 0 Å². The highest BCUT2D eigenvalue weighted by molar-refractivity contribution is 7.10. The molecule has 104 valence electrons. The third-order valence-corrected chi connectivity index (χ3v) is 4.45. The maximum Gasteiger partial charge on any atom is 0.228 e. The zero-order chi connectivity index (χ0) is 13.9. The van der Waals surface area contributed by atoms with E-state index in [1.54, 1.807) is 11.3 Å². The summed E-state index contributed by atoms with van der Waals surface area (Å²) in [6.45, 7) is 3.15. The van der Waals surface area contributed by atoms with Gasteiger partial charge >= 0.3 is 0 Å². The minimum absolute atomic E-state index is 0.0892. The van der Waals surface area contributed by atoms with Crippen molar-refractivity contribution in [1.82, 2.24) is 5.32 Å². The van der Waals surface area contributed by atoms with Gasteiger partial charge in [0.2, 0.25) is 5.91 Å². The molecule has 0 spiro atoms. The molecule has 0 fully saturated rings. The number of fused-ring (bicyclic) bond motifs is 1. The summed E-state index contributed by atoms with van der Waals surface area (Å²) in [6, 6.07) is 10.7. The molecular formula is C16H18N2OS. The van der Waals surface area contributed by atoms with Gasteiger partial charge in [0.05, 0.1) is 12.5 Å². The van der Waals surface area contributed by atoms with Crippen LogP contribution in [-0.2, 0) is 11.2 Å². The first-order valence-corrected chi connectivity index (χ1v) is 7.85. The van der Waals surface area contributed by atoms with Gasteiger partial charge in [-0.3, -0.25) is 4.79 Å². The maximum atomic E-state index is 11.5. The molecule has 4 heteroatoms. The summed E-state index contributed by atoms with van der Waals surface area (Å²) < 4.78 is 0. The maximum absolute atomic E-state index is 11.5. The third-order valence-electron chi connectivity index (χ3n) is 3.51. The fourth-order valence-electron chi connectivity index (χ4n) is 2.56. The van der Waals surface area contributed by atoms with Crippen molar-refractivity contribution in [3.05, 3.63) is 51.7 Å². The lowest BCUT2D eigenvalue weighted by atomic mass is 10.0. The van der Waals surface area contributed by atoms with Crippen LogP contribution in [0.5, 0.6) is 0 Å². The molecular weight excluding hydrogens is 268 g/mol. The van der Waals surface area contributed by atoms with E-state index in [1.165, 1.54) is 10.4 Å². The van der Waals surface area contributed by atoms with Crippen molar-refractivity contribution < 1.29 is 4.79 Å². The normalized spacial score (nSPS) is 14.9. The summed E-state index contributed by atoms with van der Waals surface area (Å²) in [5, 5.41) is 8.59. The Morgan fingerprint density at radius 1 is 1.40 bits per heavy atom. The van der Waals surface area contributed by atoms with E-state index in [-0.39, 0.29) is 11.9 Å². The Morgan fingerprint density at radius 2 is 2.30 bits per heavy atom. The van der Waals surface area contributed by atoms with E-state index >= 15 is 0 Å². The quantitative estimate of drug-likeness (QED) is 0.885. The molecule has 1 aliphatic rings. The lowest BCUT2D eigenvalue weighted by molar-refractivity contribution is -0.115. The summed E-state index contributed by atoms with van der Waals surface area (Å²) in [6.07, 6.45) is 1.60. The van der Waals surface area contributed by atoms with Crippen LogP contribution in [0.15, 0.2) is 35.7 Å². The van der Waals surface area contributed by atoms with Crippen molar-refractivity contribution in [1.29, 1.82) is 0 Å². The van der Waals surface area contributed by atoms with Crippen LogP contribution in [0.1, 0.15) is 35.4 Å². The van der Waals surface area contributed by atoms with E-state index in [9.17, 15) is 4.79 Å². The van der Waals surface area contributed by atoms with Crippen LogP contribution in [0, 0.1) is 0 Å². The zero-order valence-electron chi connectivity index (χ0n) is 11.5. The molecule has 1 amide bonds. The number of anilines is 1. The fourth-order valence-corrected chi connectivity index (χ4v) is 3.38. The van der Waals surface area contributed by atoms with Gasteiger partial charge < -0.3 is 10.6 Å². The van der Waals surface area contributed by atoms with Crippen LogP contribution in [0.4, 0.5) is 5.69 Å². The summed E-state index contributed by atoms with van der Waals surface area (Å²) in [7, 11) is 0. The molecule has 0 saturated carbocycles. The Hall–Kier alpha value is -1.65. The predicted octanol–water partition coefficient (Wildman–Crippen LogP) is 3.33. The van der Waals surface area contributed by atoms with E-state index in [2.05, 4.69) is 47.2 Å². The van der Waals surface area contributed by atoms with E-state index in [1.807, 2.05) is 6.07 Å². The first-order chi connectivity index (χ1) is 9.78. The number of thiophene rings is 1. The molecule has 1 aliphatic heterocycles. The van der Waals surface area contributed by atoms with Gasteiger partial charge in [-0.2, -0.15) is 0 Å². The molecule has 20 heavy (non-hydrogen) atoms. The largest absolute Gasteiger partial charge is 0.326 e. The SMILES string of the molecule is CCCNC(c1ccc2c(c1)CC(=O)N2)c1cccs1. The van der Waals surface area contributed by atoms with Crippen molar-refractivity contribution in [2.24, 2.45) is 0 Å². The standard InChI is InChI=1S/C16H18N2OS/c1-2-7-17-16(14-4-3-8-20-14)11-5-6-13-12(9-11)10-15(19)18-13/h3-6,8-9,16-17H,2,7,10H2,1H3,(H,18,19). The second kappa shape index (κ2) is 5.77. The summed E-state index contributed by atoms with van der Waals surface area (Å²) in [5.41, 5.74) is 3.29. The molecule has 0 aliphatic carbocycles. The monoisotopic (exact) mass is 286 g/mol. The number of amides is 1. The summed E-state index contributed by atoms with van der Waals surface area (Å²) in [4.78, 5) is 12.8. The highest BCUT2D eigenvalue weighted by Crippen LogP contribution is 2.31. The van der Waals surface area contributed by atoms with Gasteiger partial charge in [-0.1, -0.05) is 25.1 Å². The first kappa shape index (κ1) is 13.3. The van der Waals surface area contributed by atoms with Crippen LogP contribution >= 0.6 is 11.3 Å². The second-order valence-corrected chi connectivity index (χ2v) is 6.02. The van der Waals surface area contributed by atoms with Crippen molar-refractivity contribution in [2.45, 2.75) is 25.8 Å². The van der Waals surface area contributed by atoms with Crippen LogP contribution in [-0.4, -0.2) is 12.5 Å². The van der Waals surface area contributed by atoms with Crippen molar-refractivity contribution in [2.75, 3.05) is 11.9 Å². The van der Waals surface area contributed by atoms with Crippen molar-refractivity contribution in [3.63, 3.8) is 0 Å². The van der Waals surface area contributed by atoms with Crippen LogP contribution in [0.3, 0.4) is 0 Å². The third kappa shape index (κ3) is 2.62.